The van der Waals surface area contributed by atoms with Crippen LogP contribution in [0.3, 0.4) is 0 Å². The summed E-state index contributed by atoms with van der Waals surface area (Å²) in [5.41, 5.74) is 6.06. The summed E-state index contributed by atoms with van der Waals surface area (Å²) in [6.45, 7) is 20.6. The van der Waals surface area contributed by atoms with E-state index in [4.69, 9.17) is 57.3 Å². The van der Waals surface area contributed by atoms with Crippen molar-refractivity contribution in [2.24, 2.45) is 69.0 Å². The summed E-state index contributed by atoms with van der Waals surface area (Å²) < 4.78 is 58.4. The van der Waals surface area contributed by atoms with Crippen molar-refractivity contribution < 1.29 is 86.3 Å². The van der Waals surface area contributed by atoms with Gasteiger partial charge in [-0.05, 0) is 173 Å². The maximum absolute atomic E-state index is 12.6. The molecule has 6 saturated carbocycles. The Labute approximate surface area is 505 Å². The van der Waals surface area contributed by atoms with E-state index in [9.17, 15) is 39.0 Å². The molecule has 20 nitrogen and oxygen atoms in total. The van der Waals surface area contributed by atoms with Crippen molar-refractivity contribution in [2.45, 2.75) is 247 Å². The van der Waals surface area contributed by atoms with E-state index in [0.717, 1.165) is 99.8 Å². The van der Waals surface area contributed by atoms with Gasteiger partial charge in [0.15, 0.2) is 49.2 Å². The topological polar surface area (TPSA) is 261 Å². The predicted octanol–water partition coefficient (Wildman–Crippen LogP) is 7.30. The van der Waals surface area contributed by atoms with Crippen molar-refractivity contribution in [3.8, 4) is 0 Å². The number of nitrogens with zero attached hydrogens (tertiary/aromatic N) is 2. The number of aliphatic hydroxyl groups excluding tert-OH is 2. The van der Waals surface area contributed by atoms with Gasteiger partial charge in [-0.3, -0.25) is 38.7 Å². The second-order valence-corrected chi connectivity index (χ2v) is 28.4. The molecule has 0 spiro atoms. The van der Waals surface area contributed by atoms with Crippen molar-refractivity contribution in [3.63, 3.8) is 0 Å². The Bertz CT molecular complexity index is 2700. The number of carbonyl (C=O) groups excluding carboxylic acids is 6. The SMILES string of the molecule is CC(=O)O[C@@H]1[C@@H](OC(C)=O)[C@H](C)O[C@H](OC/C=C2\CC[C@H]3[C@@H]4CC[C@H]5Cc6nc7c(nc6C[C@]5(C)[C@H]4[C@@H](O)C[C@]23C)C[C@@H]2CC[C@@H]3[C@H]([C@@H](O)C[C@]4(C)/C(=C/CO[C@H]5O[C@@H](C)[C@H](OC(C)=O)[C@@H](OC(C)=O)[C@H]5OC(C)=O)CC[C@@H]34)[C@@]2(C)C7)[C@@H]1OC(C)=O. The van der Waals surface area contributed by atoms with Gasteiger partial charge in [-0.2, -0.15) is 0 Å². The molecule has 20 heteroatoms. The lowest BCUT2D eigenvalue weighted by Crippen LogP contribution is -2.61. The van der Waals surface area contributed by atoms with E-state index in [0.29, 0.717) is 48.3 Å². The van der Waals surface area contributed by atoms with Gasteiger partial charge in [0.2, 0.25) is 0 Å². The van der Waals surface area contributed by atoms with E-state index in [2.05, 4.69) is 39.8 Å². The molecule has 24 atom stereocenters. The second kappa shape index (κ2) is 23.8. The van der Waals surface area contributed by atoms with Gasteiger partial charge in [0.05, 0.1) is 60.4 Å². The Balaban J connectivity index is 0.753. The van der Waals surface area contributed by atoms with Crippen LogP contribution in [0.5, 0.6) is 0 Å². The molecule has 0 radical (unpaired) electrons. The van der Waals surface area contributed by atoms with Crippen LogP contribution in [0.4, 0.5) is 0 Å². The highest BCUT2D eigenvalue weighted by atomic mass is 16.7. The van der Waals surface area contributed by atoms with Crippen LogP contribution >= 0.6 is 0 Å². The summed E-state index contributed by atoms with van der Waals surface area (Å²) in [4.78, 5) is 84.6. The first-order chi connectivity index (χ1) is 40.6. The van der Waals surface area contributed by atoms with E-state index in [1.54, 1.807) is 13.8 Å². The van der Waals surface area contributed by atoms with Crippen LogP contribution in [0.1, 0.15) is 170 Å². The summed E-state index contributed by atoms with van der Waals surface area (Å²) in [7, 11) is 0. The number of aromatic nitrogens is 2. The molecule has 474 valence electrons. The number of aliphatic hydroxyl groups is 2. The molecule has 0 amide bonds. The monoisotopic (exact) mass is 1200 g/mol. The van der Waals surface area contributed by atoms with Crippen molar-refractivity contribution >= 4 is 35.8 Å². The van der Waals surface area contributed by atoms with E-state index in [1.165, 1.54) is 52.7 Å². The van der Waals surface area contributed by atoms with Crippen LogP contribution in [0.15, 0.2) is 23.3 Å². The number of rotatable bonds is 12. The molecule has 1 aromatic heterocycles. The smallest absolute Gasteiger partial charge is 0.303 e. The third-order valence-electron chi connectivity index (χ3n) is 23.3. The maximum atomic E-state index is 12.6. The highest BCUT2D eigenvalue weighted by molar-refractivity contribution is 5.69. The summed E-state index contributed by atoms with van der Waals surface area (Å²) in [5, 5.41) is 25.2. The minimum absolute atomic E-state index is 0.111. The van der Waals surface area contributed by atoms with Crippen LogP contribution in [-0.4, -0.2) is 143 Å². The number of fused-ring (bicyclic) bond motifs is 12. The minimum Gasteiger partial charge on any atom is -0.456 e. The normalized spacial score (nSPS) is 44.6. The van der Waals surface area contributed by atoms with Crippen molar-refractivity contribution in [1.82, 2.24) is 9.97 Å². The molecule has 11 rings (SSSR count). The van der Waals surface area contributed by atoms with Crippen molar-refractivity contribution in [3.05, 3.63) is 46.1 Å². The number of ether oxygens (including phenoxy) is 10. The summed E-state index contributed by atoms with van der Waals surface area (Å²) >= 11 is 0. The Morgan fingerprint density at radius 2 is 0.826 bits per heavy atom. The maximum Gasteiger partial charge on any atom is 0.303 e. The van der Waals surface area contributed by atoms with Crippen LogP contribution in [-0.2, 0) is 102 Å². The molecule has 3 heterocycles. The first-order valence-electron chi connectivity index (χ1n) is 31.8. The highest BCUT2D eigenvalue weighted by Crippen LogP contribution is 2.69. The lowest BCUT2D eigenvalue weighted by Gasteiger charge is -2.62. The van der Waals surface area contributed by atoms with Gasteiger partial charge >= 0.3 is 35.8 Å². The molecule has 2 saturated heterocycles. The van der Waals surface area contributed by atoms with Crippen LogP contribution in [0, 0.1) is 69.0 Å². The molecule has 2 aliphatic heterocycles. The Kier molecular flexibility index (Phi) is 17.4. The van der Waals surface area contributed by atoms with E-state index in [-0.39, 0.29) is 46.7 Å². The lowest BCUT2D eigenvalue weighted by atomic mass is 9.44. The van der Waals surface area contributed by atoms with E-state index < -0.39 is 109 Å². The molecule has 86 heavy (non-hydrogen) atoms. The third-order valence-corrected chi connectivity index (χ3v) is 23.3. The molecular formula is C66H92N2O18. The van der Waals surface area contributed by atoms with Gasteiger partial charge in [-0.15, -0.1) is 0 Å². The van der Waals surface area contributed by atoms with E-state index in [1.807, 2.05) is 0 Å². The summed E-state index contributed by atoms with van der Waals surface area (Å²) in [5.74, 6) is -1.37. The third kappa shape index (κ3) is 11.3. The standard InChI is InChI=1S/C66H92N2O18/c1-31-55(81-33(3)69)57(83-35(5)71)59(85-37(7)73)61(79-31)77-23-21-39-15-19-45-43-17-13-41-25-47-49(27-65(41,11)53(43)51(75)29-63(39,45)9)67-48-26-42-14-18-44-46-20-16-40(64(46,10)30-52(76)54(44)66(42,12)28-50(48)68-47)22-24-78-62-60(86-38(8)74)58(84-36(6)72)56(32(2)80-62)82-34(4)70/h21-22,31-32,41-46,51-62,75-76H,13-20,23-30H2,1-12H3/b39-21+,40-22+/t31-,32-,41-,42-,43-,44-,45-,46-,51-,52-,53+,54+,55-,56-,57+,58+,59+,60+,61-,62-,63+,64+,65-,66-/m0/s1. The quantitative estimate of drug-likeness (QED) is 0.118. The minimum atomic E-state index is -1.18. The number of hydrogen-bond donors (Lipinski definition) is 2. The van der Waals surface area contributed by atoms with Crippen molar-refractivity contribution in [1.29, 1.82) is 0 Å². The Hall–Kier alpha value is -4.86. The van der Waals surface area contributed by atoms with Crippen LogP contribution in [0.2, 0.25) is 0 Å². The Morgan fingerprint density at radius 3 is 1.17 bits per heavy atom. The fraction of sp³-hybridized carbons (Fsp3) is 0.788. The number of hydrogen-bond acceptors (Lipinski definition) is 20. The lowest BCUT2D eigenvalue weighted by molar-refractivity contribution is -0.298. The molecule has 0 aromatic carbocycles. The Morgan fingerprint density at radius 1 is 0.488 bits per heavy atom. The van der Waals surface area contributed by atoms with Crippen molar-refractivity contribution in [2.75, 3.05) is 13.2 Å². The molecule has 0 unspecified atom stereocenters. The largest absolute Gasteiger partial charge is 0.456 e. The van der Waals surface area contributed by atoms with Crippen LogP contribution < -0.4 is 0 Å². The molecule has 2 N–H and O–H groups in total. The van der Waals surface area contributed by atoms with Gasteiger partial charge in [-0.25, -0.2) is 0 Å². The summed E-state index contributed by atoms with van der Waals surface area (Å²) in [6, 6.07) is 0. The van der Waals surface area contributed by atoms with Gasteiger partial charge in [0.25, 0.3) is 0 Å². The zero-order chi connectivity index (χ0) is 61.7. The molecule has 10 aliphatic rings. The van der Waals surface area contributed by atoms with E-state index >= 15 is 0 Å². The average molecular weight is 1200 g/mol. The fourth-order valence-corrected chi connectivity index (χ4v) is 20.0. The number of allylic oxidation sites excluding steroid dienone is 2. The number of esters is 6. The molecule has 8 fully saturated rings. The molecular weight excluding hydrogens is 1110 g/mol. The second-order valence-electron chi connectivity index (χ2n) is 28.4. The van der Waals surface area contributed by atoms with Crippen LogP contribution in [0.25, 0.3) is 0 Å². The molecule has 1 aromatic rings. The first kappa shape index (κ1) is 62.7. The fourth-order valence-electron chi connectivity index (χ4n) is 20.0. The number of carbonyl (C=O) groups is 6. The van der Waals surface area contributed by atoms with Gasteiger partial charge in [0, 0.05) is 41.5 Å². The van der Waals surface area contributed by atoms with Gasteiger partial charge < -0.3 is 57.6 Å². The van der Waals surface area contributed by atoms with Gasteiger partial charge in [0.1, 0.15) is 0 Å². The highest BCUT2D eigenvalue weighted by Gasteiger charge is 2.65. The predicted molar refractivity (Wildman–Crippen MR) is 305 cm³/mol. The molecule has 0 bridgehead atoms. The first-order valence-corrected chi connectivity index (χ1v) is 31.8. The zero-order valence-electron chi connectivity index (χ0n) is 52.3. The molecule has 8 aliphatic carbocycles. The zero-order valence-corrected chi connectivity index (χ0v) is 52.3. The average Bonchev–Trinajstić information content (AvgIpc) is 1.19. The summed E-state index contributed by atoms with van der Waals surface area (Å²) in [6.07, 6.45) is 5.26. The van der Waals surface area contributed by atoms with Gasteiger partial charge in [-0.1, -0.05) is 51.0 Å².